The summed E-state index contributed by atoms with van der Waals surface area (Å²) in [6, 6.07) is 8.13. The predicted molar refractivity (Wildman–Crippen MR) is 118 cm³/mol. The zero-order valence-electron chi connectivity index (χ0n) is 18.3. The highest BCUT2D eigenvalue weighted by molar-refractivity contribution is 6.25. The van der Waals surface area contributed by atoms with E-state index in [1.54, 1.807) is 24.4 Å². The topological polar surface area (TPSA) is 117 Å². The van der Waals surface area contributed by atoms with Crippen LogP contribution in [-0.4, -0.2) is 54.8 Å². The van der Waals surface area contributed by atoms with Gasteiger partial charge in [0.25, 0.3) is 11.7 Å². The van der Waals surface area contributed by atoms with Crippen LogP contribution in [0.2, 0.25) is 0 Å². The summed E-state index contributed by atoms with van der Waals surface area (Å²) in [7, 11) is 4.00. The molecule has 2 amide bonds. The molecule has 1 atom stereocenters. The molecule has 2 aromatic rings. The SMILES string of the molecule is Cc1c(C(=CN)C(=O)Nc2ccc(C(=O)N3CC[C@H](N(C)C)C3)c[nH+]2)ccc(C#N)c1F. The lowest BCUT2D eigenvalue weighted by Gasteiger charge is -2.20. The number of amides is 2. The lowest BCUT2D eigenvalue weighted by molar-refractivity contribution is -0.360. The van der Waals surface area contributed by atoms with Gasteiger partial charge in [0.1, 0.15) is 18.1 Å². The van der Waals surface area contributed by atoms with Crippen molar-refractivity contribution in [1.82, 2.24) is 9.80 Å². The van der Waals surface area contributed by atoms with E-state index in [1.807, 2.05) is 19.0 Å². The summed E-state index contributed by atoms with van der Waals surface area (Å²) in [5.41, 5.74) is 6.53. The van der Waals surface area contributed by atoms with Gasteiger partial charge in [0.2, 0.25) is 0 Å². The molecular weight excluding hydrogens is 411 g/mol. The number of nitrogens with one attached hydrogen (secondary N) is 2. The first-order chi connectivity index (χ1) is 15.3. The number of aromatic nitrogens is 1. The van der Waals surface area contributed by atoms with Crippen molar-refractivity contribution < 1.29 is 19.0 Å². The number of carbonyl (C=O) groups excluding carboxylic acids is 2. The van der Waals surface area contributed by atoms with Crippen LogP contribution >= 0.6 is 0 Å². The first-order valence-corrected chi connectivity index (χ1v) is 10.2. The fourth-order valence-corrected chi connectivity index (χ4v) is 3.71. The van der Waals surface area contributed by atoms with E-state index in [0.717, 1.165) is 12.6 Å². The summed E-state index contributed by atoms with van der Waals surface area (Å²) in [5, 5.41) is 11.6. The molecule has 1 saturated heterocycles. The monoisotopic (exact) mass is 437 g/mol. The fourth-order valence-electron chi connectivity index (χ4n) is 3.71. The number of halogens is 1. The maximum Gasteiger partial charge on any atom is 0.341 e. The van der Waals surface area contributed by atoms with E-state index < -0.39 is 11.7 Å². The van der Waals surface area contributed by atoms with Crippen molar-refractivity contribution in [3.05, 3.63) is 64.7 Å². The van der Waals surface area contributed by atoms with Gasteiger partial charge in [0, 0.05) is 31.4 Å². The Balaban J connectivity index is 1.71. The number of nitrogens with two attached hydrogens (primary N) is 1. The Labute approximate surface area is 186 Å². The van der Waals surface area contributed by atoms with E-state index >= 15 is 0 Å². The minimum atomic E-state index is -0.690. The summed E-state index contributed by atoms with van der Waals surface area (Å²) in [6.07, 6.45) is 3.56. The van der Waals surface area contributed by atoms with E-state index in [1.165, 1.54) is 19.1 Å². The van der Waals surface area contributed by atoms with Gasteiger partial charge in [0.15, 0.2) is 0 Å². The molecule has 1 aromatic carbocycles. The molecule has 0 aliphatic carbocycles. The Morgan fingerprint density at radius 3 is 2.66 bits per heavy atom. The second-order valence-corrected chi connectivity index (χ2v) is 7.89. The van der Waals surface area contributed by atoms with Crippen LogP contribution in [-0.2, 0) is 4.79 Å². The molecule has 32 heavy (non-hydrogen) atoms. The van der Waals surface area contributed by atoms with Gasteiger partial charge in [-0.1, -0.05) is 6.07 Å². The molecule has 3 rings (SSSR count). The number of H-pyrrole nitrogens is 1. The number of likely N-dealkylation sites (tertiary alicyclic amines) is 1. The lowest BCUT2D eigenvalue weighted by Crippen LogP contribution is -2.35. The molecule has 1 fully saturated rings. The molecule has 0 bridgehead atoms. The molecule has 0 spiro atoms. The molecule has 2 heterocycles. The Morgan fingerprint density at radius 2 is 2.09 bits per heavy atom. The second kappa shape index (κ2) is 9.58. The number of carbonyl (C=O) groups is 2. The number of hydrogen-bond donors (Lipinski definition) is 2. The number of anilines is 1. The molecule has 166 valence electrons. The van der Waals surface area contributed by atoms with Crippen molar-refractivity contribution >= 4 is 23.2 Å². The standard InChI is InChI=1S/C23H25FN6O2/c1-14-18(6-4-15(10-25)21(14)24)19(11-26)22(31)28-20-7-5-16(12-27-20)23(32)30-9-8-17(13-30)29(2)3/h4-7,11-12,17H,8-9,13,26H2,1-3H3,(H,27,28,31)/p+1/t17-/m0/s1. The second-order valence-electron chi connectivity index (χ2n) is 7.89. The van der Waals surface area contributed by atoms with E-state index in [4.69, 9.17) is 11.0 Å². The highest BCUT2D eigenvalue weighted by Crippen LogP contribution is 2.24. The summed E-state index contributed by atoms with van der Waals surface area (Å²) in [5.74, 6) is -0.964. The third-order valence-electron chi connectivity index (χ3n) is 5.70. The van der Waals surface area contributed by atoms with Gasteiger partial charge in [-0.15, -0.1) is 0 Å². The van der Waals surface area contributed by atoms with E-state index in [9.17, 15) is 14.0 Å². The zero-order chi connectivity index (χ0) is 23.4. The van der Waals surface area contributed by atoms with E-state index in [2.05, 4.69) is 15.2 Å². The van der Waals surface area contributed by atoms with Crippen LogP contribution in [0.5, 0.6) is 0 Å². The summed E-state index contributed by atoms with van der Waals surface area (Å²) in [4.78, 5) is 32.3. The number of pyridine rings is 1. The maximum atomic E-state index is 14.3. The summed E-state index contributed by atoms with van der Waals surface area (Å²) in [6.45, 7) is 2.86. The summed E-state index contributed by atoms with van der Waals surface area (Å²) >= 11 is 0. The number of nitrogens with zero attached hydrogens (tertiary/aromatic N) is 3. The highest BCUT2D eigenvalue weighted by atomic mass is 19.1. The Hall–Kier alpha value is -3.77. The van der Waals surface area contributed by atoms with Gasteiger partial charge < -0.3 is 15.5 Å². The van der Waals surface area contributed by atoms with Crippen LogP contribution in [0, 0.1) is 24.1 Å². The molecule has 1 aliphatic rings. The number of hydrogen-bond acceptors (Lipinski definition) is 5. The number of aromatic amines is 1. The summed E-state index contributed by atoms with van der Waals surface area (Å²) < 4.78 is 14.3. The van der Waals surface area contributed by atoms with Crippen molar-refractivity contribution in [3.8, 4) is 6.07 Å². The molecule has 8 nitrogen and oxygen atoms in total. The van der Waals surface area contributed by atoms with Crippen LogP contribution in [0.25, 0.3) is 5.57 Å². The van der Waals surface area contributed by atoms with E-state index in [0.29, 0.717) is 30.5 Å². The minimum Gasteiger partial charge on any atom is -0.404 e. The van der Waals surface area contributed by atoms with Crippen LogP contribution in [0.3, 0.4) is 0 Å². The molecule has 0 unspecified atom stereocenters. The van der Waals surface area contributed by atoms with Crippen molar-refractivity contribution in [1.29, 1.82) is 5.26 Å². The zero-order valence-corrected chi connectivity index (χ0v) is 18.3. The van der Waals surface area contributed by atoms with Gasteiger partial charge in [-0.25, -0.2) is 19.5 Å². The van der Waals surface area contributed by atoms with Crippen molar-refractivity contribution in [2.24, 2.45) is 5.73 Å². The van der Waals surface area contributed by atoms with E-state index in [-0.39, 0.29) is 28.2 Å². The van der Waals surface area contributed by atoms with Gasteiger partial charge in [-0.2, -0.15) is 5.26 Å². The van der Waals surface area contributed by atoms with Crippen LogP contribution in [0.15, 0.2) is 36.7 Å². The number of rotatable bonds is 5. The average molecular weight is 437 g/mol. The first-order valence-electron chi connectivity index (χ1n) is 10.2. The molecule has 0 saturated carbocycles. The normalized spacial score (nSPS) is 16.2. The van der Waals surface area contributed by atoms with Gasteiger partial charge in [0.05, 0.1) is 16.7 Å². The number of benzene rings is 1. The predicted octanol–water partition coefficient (Wildman–Crippen LogP) is 1.53. The van der Waals surface area contributed by atoms with Gasteiger partial charge >= 0.3 is 5.91 Å². The average Bonchev–Trinajstić information content (AvgIpc) is 3.28. The highest BCUT2D eigenvalue weighted by Gasteiger charge is 2.29. The van der Waals surface area contributed by atoms with Crippen LogP contribution in [0.4, 0.5) is 10.2 Å². The largest absolute Gasteiger partial charge is 0.404 e. The Bertz CT molecular complexity index is 1100. The molecule has 0 radical (unpaired) electrons. The molecule has 1 aromatic heterocycles. The number of nitriles is 1. The van der Waals surface area contributed by atoms with Gasteiger partial charge in [-0.3, -0.25) is 4.79 Å². The molecule has 9 heteroatoms. The smallest absolute Gasteiger partial charge is 0.341 e. The van der Waals surface area contributed by atoms with Crippen molar-refractivity contribution in [2.45, 2.75) is 19.4 Å². The quantitative estimate of drug-likeness (QED) is 0.688. The molecule has 1 aliphatic heterocycles. The molecular formula is C23H26FN6O2+. The fraction of sp³-hybridized carbons (Fsp3) is 0.304. The first kappa shape index (κ1) is 22.9. The lowest BCUT2D eigenvalue weighted by atomic mass is 9.98. The van der Waals surface area contributed by atoms with Crippen LogP contribution in [0.1, 0.15) is 33.5 Å². The van der Waals surface area contributed by atoms with Gasteiger partial charge in [-0.05, 0) is 50.7 Å². The molecule has 4 N–H and O–H groups in total. The maximum absolute atomic E-state index is 14.3. The van der Waals surface area contributed by atoms with Crippen molar-refractivity contribution in [2.75, 3.05) is 32.5 Å². The third-order valence-corrected chi connectivity index (χ3v) is 5.70. The Kier molecular flexibility index (Phi) is 6.85. The number of likely N-dealkylation sites (N-methyl/N-ethyl adjacent to an activating group) is 1. The van der Waals surface area contributed by atoms with Crippen LogP contribution < -0.4 is 16.0 Å². The Morgan fingerprint density at radius 1 is 1.34 bits per heavy atom. The third kappa shape index (κ3) is 4.60. The minimum absolute atomic E-state index is 0.0613. The van der Waals surface area contributed by atoms with Crippen molar-refractivity contribution in [3.63, 3.8) is 0 Å².